The first-order chi connectivity index (χ1) is 14.1. The Morgan fingerprint density at radius 3 is 2.59 bits per heavy atom. The molecule has 0 radical (unpaired) electrons. The van der Waals surface area contributed by atoms with Gasteiger partial charge in [-0.2, -0.15) is 0 Å². The number of ether oxygens (including phenoxy) is 1. The van der Waals surface area contributed by atoms with Crippen LogP contribution in [-0.2, 0) is 6.42 Å². The number of carbonyl (C=O) groups excluding carboxylic acids is 1. The van der Waals surface area contributed by atoms with Gasteiger partial charge in [0.05, 0.1) is 5.56 Å². The first kappa shape index (κ1) is 17.7. The molecule has 0 saturated heterocycles. The lowest BCUT2D eigenvalue weighted by Gasteiger charge is -2.51. The number of esters is 1. The summed E-state index contributed by atoms with van der Waals surface area (Å²) in [5, 5.41) is 0. The maximum Gasteiger partial charge on any atom is 0.343 e. The predicted molar refractivity (Wildman–Crippen MR) is 114 cm³/mol. The van der Waals surface area contributed by atoms with Crippen LogP contribution >= 0.6 is 0 Å². The van der Waals surface area contributed by atoms with Gasteiger partial charge in [0.1, 0.15) is 5.75 Å². The molecule has 6 rings (SSSR count). The molecule has 2 heteroatoms. The van der Waals surface area contributed by atoms with Gasteiger partial charge in [-0.25, -0.2) is 4.79 Å². The van der Waals surface area contributed by atoms with E-state index in [1.165, 1.54) is 50.5 Å². The standard InChI is InChI=1S/C27H30O2/c1-26-13-11-22-21-10-8-20(29-25(28)18-5-3-2-4-6-18)17-19(21)7-9-23(22)24(26)12-14-27(26)15-16-27/h2-6,8,10,17,22-24H,7,9,11-16H2,1H3. The largest absolute Gasteiger partial charge is 0.423 e. The molecule has 2 aromatic rings. The molecule has 0 heterocycles. The van der Waals surface area contributed by atoms with E-state index in [1.807, 2.05) is 24.3 Å². The second-order valence-electron chi connectivity index (χ2n) is 10.3. The first-order valence-corrected chi connectivity index (χ1v) is 11.5. The van der Waals surface area contributed by atoms with Gasteiger partial charge in [0.2, 0.25) is 0 Å². The minimum atomic E-state index is -0.270. The predicted octanol–water partition coefficient (Wildman–Crippen LogP) is 6.54. The van der Waals surface area contributed by atoms with E-state index in [4.69, 9.17) is 4.74 Å². The van der Waals surface area contributed by atoms with Crippen molar-refractivity contribution in [3.8, 4) is 5.75 Å². The van der Waals surface area contributed by atoms with Gasteiger partial charge >= 0.3 is 5.97 Å². The van der Waals surface area contributed by atoms with Crippen LogP contribution in [0.4, 0.5) is 0 Å². The molecule has 4 atom stereocenters. The fourth-order valence-corrected chi connectivity index (χ4v) is 7.56. The van der Waals surface area contributed by atoms with E-state index in [1.54, 1.807) is 17.7 Å². The van der Waals surface area contributed by atoms with Crippen LogP contribution in [0.5, 0.6) is 5.75 Å². The monoisotopic (exact) mass is 386 g/mol. The molecule has 0 aromatic heterocycles. The Bertz CT molecular complexity index is 958. The average molecular weight is 387 g/mol. The summed E-state index contributed by atoms with van der Waals surface area (Å²) in [4.78, 5) is 12.4. The third-order valence-corrected chi connectivity index (χ3v) is 9.31. The Kier molecular flexibility index (Phi) is 3.79. The molecule has 4 aliphatic rings. The van der Waals surface area contributed by atoms with Crippen LogP contribution in [0.15, 0.2) is 48.5 Å². The van der Waals surface area contributed by atoms with E-state index in [0.29, 0.717) is 22.6 Å². The highest BCUT2D eigenvalue weighted by molar-refractivity contribution is 5.91. The number of hydrogen-bond donors (Lipinski definition) is 0. The van der Waals surface area contributed by atoms with Gasteiger partial charge < -0.3 is 4.74 Å². The molecule has 3 fully saturated rings. The average Bonchev–Trinajstić information content (AvgIpc) is 3.48. The lowest BCUT2D eigenvalue weighted by Crippen LogP contribution is -2.42. The van der Waals surface area contributed by atoms with Crippen molar-refractivity contribution in [2.45, 2.75) is 64.2 Å². The van der Waals surface area contributed by atoms with Crippen LogP contribution in [0.3, 0.4) is 0 Å². The van der Waals surface area contributed by atoms with E-state index in [2.05, 4.69) is 19.1 Å². The Morgan fingerprint density at radius 2 is 1.79 bits per heavy atom. The molecule has 0 aliphatic heterocycles. The van der Waals surface area contributed by atoms with Gasteiger partial charge in [0.25, 0.3) is 0 Å². The molecule has 0 bridgehead atoms. The maximum absolute atomic E-state index is 12.4. The quantitative estimate of drug-likeness (QED) is 0.432. The molecule has 2 aromatic carbocycles. The normalized spacial score (nSPS) is 33.5. The van der Waals surface area contributed by atoms with E-state index < -0.39 is 0 Å². The number of aryl methyl sites for hydroxylation is 1. The van der Waals surface area contributed by atoms with Crippen molar-refractivity contribution in [1.82, 2.24) is 0 Å². The van der Waals surface area contributed by atoms with E-state index in [0.717, 1.165) is 23.7 Å². The number of carbonyl (C=O) groups is 1. The summed E-state index contributed by atoms with van der Waals surface area (Å²) < 4.78 is 5.68. The van der Waals surface area contributed by atoms with Gasteiger partial charge in [-0.05, 0) is 115 Å². The minimum absolute atomic E-state index is 0.270. The molecule has 0 amide bonds. The van der Waals surface area contributed by atoms with Crippen molar-refractivity contribution in [3.05, 3.63) is 65.2 Å². The molecule has 4 unspecified atom stereocenters. The summed E-state index contributed by atoms with van der Waals surface area (Å²) in [7, 11) is 0. The number of rotatable bonds is 2. The Hall–Kier alpha value is -2.09. The number of fused-ring (bicyclic) bond motifs is 6. The molecule has 2 nitrogen and oxygen atoms in total. The summed E-state index contributed by atoms with van der Waals surface area (Å²) in [5.74, 6) is 2.92. The molecular formula is C27H30O2. The van der Waals surface area contributed by atoms with Crippen molar-refractivity contribution < 1.29 is 9.53 Å². The van der Waals surface area contributed by atoms with Crippen molar-refractivity contribution in [3.63, 3.8) is 0 Å². The van der Waals surface area contributed by atoms with Crippen LogP contribution in [0.2, 0.25) is 0 Å². The zero-order chi connectivity index (χ0) is 19.6. The summed E-state index contributed by atoms with van der Waals surface area (Å²) in [6.45, 7) is 2.63. The highest BCUT2D eigenvalue weighted by atomic mass is 16.5. The fourth-order valence-electron chi connectivity index (χ4n) is 7.56. The topological polar surface area (TPSA) is 26.3 Å². The SMILES string of the molecule is CC12CCC3c4ccc(OC(=O)c5ccccc5)cc4CCC3C1CCC21CC1. The van der Waals surface area contributed by atoms with Crippen molar-refractivity contribution in [2.75, 3.05) is 0 Å². The second-order valence-corrected chi connectivity index (χ2v) is 10.3. The second kappa shape index (κ2) is 6.20. The lowest BCUT2D eigenvalue weighted by atomic mass is 9.53. The molecule has 1 spiro atoms. The fraction of sp³-hybridized carbons (Fsp3) is 0.519. The van der Waals surface area contributed by atoms with E-state index in [9.17, 15) is 4.79 Å². The molecule has 4 aliphatic carbocycles. The summed E-state index contributed by atoms with van der Waals surface area (Å²) in [5.41, 5.74) is 4.88. The minimum Gasteiger partial charge on any atom is -0.423 e. The van der Waals surface area contributed by atoms with Gasteiger partial charge in [-0.1, -0.05) is 31.2 Å². The zero-order valence-electron chi connectivity index (χ0n) is 17.3. The van der Waals surface area contributed by atoms with Gasteiger partial charge in [0, 0.05) is 0 Å². The van der Waals surface area contributed by atoms with Crippen LogP contribution < -0.4 is 4.74 Å². The molecular weight excluding hydrogens is 356 g/mol. The highest BCUT2D eigenvalue weighted by Gasteiger charge is 2.66. The van der Waals surface area contributed by atoms with Crippen molar-refractivity contribution >= 4 is 5.97 Å². The van der Waals surface area contributed by atoms with Gasteiger partial charge in [-0.15, -0.1) is 0 Å². The van der Waals surface area contributed by atoms with E-state index in [-0.39, 0.29) is 5.97 Å². The zero-order valence-corrected chi connectivity index (χ0v) is 17.3. The molecule has 3 saturated carbocycles. The molecule has 150 valence electrons. The maximum atomic E-state index is 12.4. The Labute approximate surface area is 173 Å². The Morgan fingerprint density at radius 1 is 0.966 bits per heavy atom. The molecule has 29 heavy (non-hydrogen) atoms. The van der Waals surface area contributed by atoms with Gasteiger partial charge in [0.15, 0.2) is 0 Å². The van der Waals surface area contributed by atoms with Crippen molar-refractivity contribution in [2.24, 2.45) is 22.7 Å². The lowest BCUT2D eigenvalue weighted by molar-refractivity contribution is 0.0187. The van der Waals surface area contributed by atoms with Crippen LogP contribution in [0, 0.1) is 22.7 Å². The number of benzene rings is 2. The van der Waals surface area contributed by atoms with Crippen LogP contribution in [-0.4, -0.2) is 5.97 Å². The van der Waals surface area contributed by atoms with Gasteiger partial charge in [-0.3, -0.25) is 0 Å². The number of hydrogen-bond acceptors (Lipinski definition) is 2. The Balaban J connectivity index is 1.24. The third kappa shape index (κ3) is 2.57. The molecule has 0 N–H and O–H groups in total. The summed E-state index contributed by atoms with van der Waals surface area (Å²) >= 11 is 0. The highest BCUT2D eigenvalue weighted by Crippen LogP contribution is 2.75. The van der Waals surface area contributed by atoms with Crippen LogP contribution in [0.1, 0.15) is 79.3 Å². The van der Waals surface area contributed by atoms with Crippen LogP contribution in [0.25, 0.3) is 0 Å². The smallest absolute Gasteiger partial charge is 0.343 e. The summed E-state index contributed by atoms with van der Waals surface area (Å²) in [6, 6.07) is 15.7. The summed E-state index contributed by atoms with van der Waals surface area (Å²) in [6.07, 6.45) is 11.1. The third-order valence-electron chi connectivity index (χ3n) is 9.31. The first-order valence-electron chi connectivity index (χ1n) is 11.5. The van der Waals surface area contributed by atoms with E-state index >= 15 is 0 Å². The van der Waals surface area contributed by atoms with Crippen molar-refractivity contribution in [1.29, 1.82) is 0 Å².